The maximum atomic E-state index is 12.2. The van der Waals surface area contributed by atoms with Crippen LogP contribution in [0.2, 0.25) is 0 Å². The first-order chi connectivity index (χ1) is 14.1. The van der Waals surface area contributed by atoms with Crippen LogP contribution >= 0.6 is 15.9 Å². The first-order valence-electron chi connectivity index (χ1n) is 9.62. The predicted octanol–water partition coefficient (Wildman–Crippen LogP) is 5.00. The normalized spacial score (nSPS) is 11.7. The molecule has 0 saturated heterocycles. The molecule has 3 aromatic rings. The van der Waals surface area contributed by atoms with Crippen molar-refractivity contribution in [3.63, 3.8) is 0 Å². The Morgan fingerprint density at radius 2 is 1.66 bits per heavy atom. The van der Waals surface area contributed by atoms with E-state index in [2.05, 4.69) is 45.6 Å². The van der Waals surface area contributed by atoms with Crippen LogP contribution in [0, 0.1) is 0 Å². The number of nitrogens with one attached hydrogen (secondary N) is 2. The molecular weight excluding hydrogens is 428 g/mol. The van der Waals surface area contributed by atoms with Gasteiger partial charge in [-0.2, -0.15) is 0 Å². The highest BCUT2D eigenvalue weighted by Gasteiger charge is 2.10. The van der Waals surface area contributed by atoms with E-state index >= 15 is 0 Å². The topological polar surface area (TPSA) is 50.4 Å². The molecule has 0 aliphatic rings. The number of halogens is 1. The van der Waals surface area contributed by atoms with Crippen molar-refractivity contribution in [2.45, 2.75) is 26.1 Å². The van der Waals surface area contributed by atoms with Gasteiger partial charge in [0.15, 0.2) is 6.61 Å². The third-order valence-electron chi connectivity index (χ3n) is 4.61. The second-order valence-electron chi connectivity index (χ2n) is 6.82. The lowest BCUT2D eigenvalue weighted by Gasteiger charge is -2.17. The van der Waals surface area contributed by atoms with Gasteiger partial charge in [-0.3, -0.25) is 4.79 Å². The number of ether oxygens (including phenoxy) is 1. The molecule has 1 amide bonds. The van der Waals surface area contributed by atoms with Crippen LogP contribution in [0.3, 0.4) is 0 Å². The first kappa shape index (κ1) is 21.1. The van der Waals surface area contributed by atoms with E-state index < -0.39 is 0 Å². The van der Waals surface area contributed by atoms with Gasteiger partial charge in [0.25, 0.3) is 5.91 Å². The van der Waals surface area contributed by atoms with E-state index in [1.54, 1.807) is 0 Å². The highest BCUT2D eigenvalue weighted by molar-refractivity contribution is 9.10. The summed E-state index contributed by atoms with van der Waals surface area (Å²) in [5.74, 6) is 0.559. The second-order valence-corrected chi connectivity index (χ2v) is 7.73. The molecule has 4 nitrogen and oxygen atoms in total. The predicted molar refractivity (Wildman–Crippen MR) is 120 cm³/mol. The molecule has 0 bridgehead atoms. The Morgan fingerprint density at radius 3 is 2.38 bits per heavy atom. The number of benzene rings is 3. The number of rotatable bonds is 9. The van der Waals surface area contributed by atoms with Gasteiger partial charge in [-0.05, 0) is 36.2 Å². The van der Waals surface area contributed by atoms with E-state index in [0.29, 0.717) is 18.8 Å². The Balaban J connectivity index is 1.54. The maximum absolute atomic E-state index is 12.2. The average Bonchev–Trinajstić information content (AvgIpc) is 2.76. The molecule has 3 aromatic carbocycles. The molecule has 0 heterocycles. The molecule has 0 spiro atoms. The summed E-state index contributed by atoms with van der Waals surface area (Å²) in [4.78, 5) is 12.2. The van der Waals surface area contributed by atoms with E-state index in [1.165, 1.54) is 5.56 Å². The summed E-state index contributed by atoms with van der Waals surface area (Å²) in [5, 5.41) is 6.40. The Bertz CT molecular complexity index is 917. The first-order valence-corrected chi connectivity index (χ1v) is 10.4. The minimum atomic E-state index is -0.145. The quantitative estimate of drug-likeness (QED) is 0.480. The summed E-state index contributed by atoms with van der Waals surface area (Å²) in [6.45, 7) is 3.24. The third-order valence-corrected chi connectivity index (χ3v) is 5.11. The van der Waals surface area contributed by atoms with Crippen molar-refractivity contribution in [3.05, 3.63) is 100 Å². The molecule has 0 fully saturated rings. The monoisotopic (exact) mass is 452 g/mol. The Labute approximate surface area is 180 Å². The lowest BCUT2D eigenvalue weighted by Crippen LogP contribution is -2.28. The van der Waals surface area contributed by atoms with Crippen molar-refractivity contribution in [3.8, 4) is 5.75 Å². The van der Waals surface area contributed by atoms with Gasteiger partial charge in [-0.25, -0.2) is 0 Å². The van der Waals surface area contributed by atoms with Crippen LogP contribution in [0.25, 0.3) is 0 Å². The van der Waals surface area contributed by atoms with Gasteiger partial charge in [-0.15, -0.1) is 0 Å². The molecule has 3 rings (SSSR count). The molecule has 0 unspecified atom stereocenters. The molecule has 150 valence electrons. The van der Waals surface area contributed by atoms with Crippen LogP contribution in [-0.4, -0.2) is 12.5 Å². The van der Waals surface area contributed by atoms with Crippen LogP contribution in [-0.2, 0) is 17.9 Å². The zero-order chi connectivity index (χ0) is 20.5. The largest absolute Gasteiger partial charge is 0.483 e. The highest BCUT2D eigenvalue weighted by Crippen LogP contribution is 2.24. The molecule has 1 atom stereocenters. The Hall–Kier alpha value is -2.63. The average molecular weight is 453 g/mol. The van der Waals surface area contributed by atoms with Crippen molar-refractivity contribution in [2.24, 2.45) is 0 Å². The number of carbonyl (C=O) groups is 1. The zero-order valence-corrected chi connectivity index (χ0v) is 18.0. The fourth-order valence-corrected chi connectivity index (χ4v) is 3.35. The molecule has 2 N–H and O–H groups in total. The van der Waals surface area contributed by atoms with Gasteiger partial charge in [0, 0.05) is 29.2 Å². The molecule has 0 aliphatic carbocycles. The van der Waals surface area contributed by atoms with Crippen molar-refractivity contribution < 1.29 is 9.53 Å². The summed E-state index contributed by atoms with van der Waals surface area (Å²) >= 11 is 3.52. The molecule has 0 aromatic heterocycles. The van der Waals surface area contributed by atoms with E-state index in [0.717, 1.165) is 15.6 Å². The molecular formula is C24H25BrN2O2. The summed E-state index contributed by atoms with van der Waals surface area (Å²) in [7, 11) is 0. The summed E-state index contributed by atoms with van der Waals surface area (Å²) in [6.07, 6.45) is 0. The Kier molecular flexibility index (Phi) is 7.85. The molecule has 0 aliphatic heterocycles. The van der Waals surface area contributed by atoms with E-state index in [4.69, 9.17) is 4.74 Å². The van der Waals surface area contributed by atoms with Gasteiger partial charge < -0.3 is 15.4 Å². The standard InChI is InChI=1S/C24H25BrN2O2/c1-18(20-10-6-3-7-11-20)26-16-21-14-22(25)12-13-23(21)29-17-24(28)27-15-19-8-4-2-5-9-19/h2-14,18,26H,15-17H2,1H3,(H,27,28)/t18-/m1/s1. The maximum Gasteiger partial charge on any atom is 0.258 e. The SMILES string of the molecule is C[C@@H](NCc1cc(Br)ccc1OCC(=O)NCc1ccccc1)c1ccccc1. The zero-order valence-electron chi connectivity index (χ0n) is 16.4. The molecule has 29 heavy (non-hydrogen) atoms. The van der Waals surface area contributed by atoms with Gasteiger partial charge in [0.1, 0.15) is 5.75 Å². The van der Waals surface area contributed by atoms with Crippen molar-refractivity contribution in [1.82, 2.24) is 10.6 Å². The Morgan fingerprint density at radius 1 is 0.966 bits per heavy atom. The van der Waals surface area contributed by atoms with E-state index in [1.807, 2.05) is 66.7 Å². The molecule has 0 saturated carbocycles. The van der Waals surface area contributed by atoms with Crippen molar-refractivity contribution in [1.29, 1.82) is 0 Å². The smallest absolute Gasteiger partial charge is 0.258 e. The van der Waals surface area contributed by atoms with Crippen LogP contribution in [0.4, 0.5) is 0 Å². The summed E-state index contributed by atoms with van der Waals surface area (Å²) < 4.78 is 6.78. The number of hydrogen-bond donors (Lipinski definition) is 2. The van der Waals surface area contributed by atoms with Gasteiger partial charge in [-0.1, -0.05) is 76.6 Å². The van der Waals surface area contributed by atoms with Gasteiger partial charge >= 0.3 is 0 Å². The van der Waals surface area contributed by atoms with Crippen LogP contribution < -0.4 is 15.4 Å². The number of carbonyl (C=O) groups excluding carboxylic acids is 1. The summed E-state index contributed by atoms with van der Waals surface area (Å²) in [6, 6.07) is 26.1. The fraction of sp³-hybridized carbons (Fsp3) is 0.208. The van der Waals surface area contributed by atoms with Crippen molar-refractivity contribution >= 4 is 21.8 Å². The third kappa shape index (κ3) is 6.73. The fourth-order valence-electron chi connectivity index (χ4n) is 2.94. The minimum absolute atomic E-state index is 0.0182. The van der Waals surface area contributed by atoms with Crippen molar-refractivity contribution in [2.75, 3.05) is 6.61 Å². The number of hydrogen-bond acceptors (Lipinski definition) is 3. The second kappa shape index (κ2) is 10.8. The van der Waals surface area contributed by atoms with E-state index in [-0.39, 0.29) is 18.6 Å². The van der Waals surface area contributed by atoms with Crippen LogP contribution in [0.1, 0.15) is 29.7 Å². The van der Waals surface area contributed by atoms with Gasteiger partial charge in [0.2, 0.25) is 0 Å². The van der Waals surface area contributed by atoms with Crippen LogP contribution in [0.15, 0.2) is 83.3 Å². The highest BCUT2D eigenvalue weighted by atomic mass is 79.9. The molecule has 0 radical (unpaired) electrons. The minimum Gasteiger partial charge on any atom is -0.483 e. The summed E-state index contributed by atoms with van der Waals surface area (Å²) in [5.41, 5.74) is 3.28. The number of amides is 1. The lowest BCUT2D eigenvalue weighted by atomic mass is 10.1. The van der Waals surface area contributed by atoms with Gasteiger partial charge in [0.05, 0.1) is 0 Å². The van der Waals surface area contributed by atoms with E-state index in [9.17, 15) is 4.79 Å². The molecule has 5 heteroatoms. The van der Waals surface area contributed by atoms with Crippen LogP contribution in [0.5, 0.6) is 5.75 Å². The lowest BCUT2D eigenvalue weighted by molar-refractivity contribution is -0.123.